The van der Waals surface area contributed by atoms with Gasteiger partial charge in [-0.15, -0.1) is 0 Å². The second kappa shape index (κ2) is 4.99. The van der Waals surface area contributed by atoms with Gasteiger partial charge < -0.3 is 9.47 Å². The minimum absolute atomic E-state index is 0.127. The summed E-state index contributed by atoms with van der Waals surface area (Å²) in [6.45, 7) is 0.285. The van der Waals surface area contributed by atoms with Crippen molar-refractivity contribution in [1.82, 2.24) is 0 Å². The summed E-state index contributed by atoms with van der Waals surface area (Å²) >= 11 is 0. The maximum absolute atomic E-state index is 11.5. The fraction of sp³-hybridized carbons (Fsp3) is 0.385. The van der Waals surface area contributed by atoms with E-state index < -0.39 is 17.9 Å². The molecule has 2 unspecified atom stereocenters. The van der Waals surface area contributed by atoms with Crippen molar-refractivity contribution in [1.29, 1.82) is 0 Å². The molecule has 0 spiro atoms. The van der Waals surface area contributed by atoms with Crippen LogP contribution in [0.25, 0.3) is 0 Å². The molecule has 0 amide bonds. The van der Waals surface area contributed by atoms with Crippen LogP contribution in [-0.4, -0.2) is 25.7 Å². The lowest BCUT2D eigenvalue weighted by atomic mass is 9.89. The Balaban J connectivity index is 2.10. The van der Waals surface area contributed by atoms with Gasteiger partial charge in [0, 0.05) is 5.92 Å². The number of hydrogen-bond donors (Lipinski definition) is 0. The smallest absolute Gasteiger partial charge is 0.320 e. The number of carbonyl (C=O) groups is 2. The number of carbonyl (C=O) groups excluding carboxylic acids is 2. The van der Waals surface area contributed by atoms with Crippen molar-refractivity contribution in [2.45, 2.75) is 6.42 Å². The number of cyclic esters (lactones) is 1. The molecule has 1 aliphatic rings. The van der Waals surface area contributed by atoms with Crippen molar-refractivity contribution in [3.63, 3.8) is 0 Å². The summed E-state index contributed by atoms with van der Waals surface area (Å²) in [6, 6.07) is 9.73. The Morgan fingerprint density at radius 2 is 2.12 bits per heavy atom. The van der Waals surface area contributed by atoms with Crippen LogP contribution in [0.2, 0.25) is 0 Å². The molecule has 0 N–H and O–H groups in total. The van der Waals surface area contributed by atoms with Gasteiger partial charge in [-0.1, -0.05) is 30.3 Å². The van der Waals surface area contributed by atoms with Crippen LogP contribution in [0.3, 0.4) is 0 Å². The van der Waals surface area contributed by atoms with Gasteiger partial charge in [-0.2, -0.15) is 0 Å². The van der Waals surface area contributed by atoms with E-state index in [-0.39, 0.29) is 12.5 Å². The second-order valence-electron chi connectivity index (χ2n) is 4.08. The molecule has 1 heterocycles. The molecule has 4 nitrogen and oxygen atoms in total. The van der Waals surface area contributed by atoms with Gasteiger partial charge in [0.05, 0.1) is 13.7 Å². The van der Waals surface area contributed by atoms with Crippen molar-refractivity contribution < 1.29 is 19.1 Å². The summed E-state index contributed by atoms with van der Waals surface area (Å²) in [5, 5.41) is 0. The van der Waals surface area contributed by atoms with Crippen LogP contribution in [0, 0.1) is 11.8 Å². The molecule has 2 rings (SSSR count). The average Bonchev–Trinajstić information content (AvgIpc) is 2.71. The Morgan fingerprint density at radius 1 is 1.41 bits per heavy atom. The van der Waals surface area contributed by atoms with E-state index in [2.05, 4.69) is 4.74 Å². The highest BCUT2D eigenvalue weighted by molar-refractivity contribution is 5.96. The molecule has 1 aromatic carbocycles. The molecular formula is C13H14O4. The first-order valence-corrected chi connectivity index (χ1v) is 5.50. The number of rotatable bonds is 3. The molecule has 90 valence electrons. The normalized spacial score (nSPS) is 23.2. The fourth-order valence-corrected chi connectivity index (χ4v) is 2.08. The molecule has 1 fully saturated rings. The van der Waals surface area contributed by atoms with Gasteiger partial charge in [-0.05, 0) is 12.0 Å². The Bertz CT molecular complexity index is 413. The molecule has 0 aromatic heterocycles. The zero-order valence-corrected chi connectivity index (χ0v) is 9.59. The van der Waals surface area contributed by atoms with E-state index in [0.29, 0.717) is 6.42 Å². The summed E-state index contributed by atoms with van der Waals surface area (Å²) in [7, 11) is 1.29. The van der Waals surface area contributed by atoms with Crippen LogP contribution in [-0.2, 0) is 25.5 Å². The molecule has 0 aliphatic carbocycles. The predicted molar refractivity (Wildman–Crippen MR) is 60.1 cm³/mol. The molecule has 0 bridgehead atoms. The highest BCUT2D eigenvalue weighted by atomic mass is 16.6. The lowest BCUT2D eigenvalue weighted by Crippen LogP contribution is -2.28. The summed E-state index contributed by atoms with van der Waals surface area (Å²) in [6.07, 6.45) is 0.645. The molecule has 1 aromatic rings. The van der Waals surface area contributed by atoms with Gasteiger partial charge in [0.1, 0.15) is 0 Å². The third-order valence-corrected chi connectivity index (χ3v) is 2.96. The first-order chi connectivity index (χ1) is 8.22. The van der Waals surface area contributed by atoms with E-state index in [1.54, 1.807) is 0 Å². The van der Waals surface area contributed by atoms with Gasteiger partial charge in [0.15, 0.2) is 5.92 Å². The molecule has 0 radical (unpaired) electrons. The highest BCUT2D eigenvalue weighted by Gasteiger charge is 2.43. The van der Waals surface area contributed by atoms with Crippen LogP contribution in [0.4, 0.5) is 0 Å². The summed E-state index contributed by atoms with van der Waals surface area (Å²) in [5.74, 6) is -1.89. The molecule has 0 saturated carbocycles. The molecule has 17 heavy (non-hydrogen) atoms. The Labute approximate surface area is 99.5 Å². The van der Waals surface area contributed by atoms with Crippen molar-refractivity contribution in [3.05, 3.63) is 35.9 Å². The molecular weight excluding hydrogens is 220 g/mol. The van der Waals surface area contributed by atoms with E-state index in [1.165, 1.54) is 7.11 Å². The van der Waals surface area contributed by atoms with Crippen LogP contribution < -0.4 is 0 Å². The van der Waals surface area contributed by atoms with E-state index in [4.69, 9.17) is 4.74 Å². The quantitative estimate of drug-likeness (QED) is 0.582. The SMILES string of the molecule is COC(=O)C1C(=O)OCC1Cc1ccccc1. The van der Waals surface area contributed by atoms with Crippen molar-refractivity contribution >= 4 is 11.9 Å². The Morgan fingerprint density at radius 3 is 2.76 bits per heavy atom. The van der Waals surface area contributed by atoms with E-state index in [0.717, 1.165) is 5.56 Å². The third kappa shape index (κ3) is 2.46. The average molecular weight is 234 g/mol. The van der Waals surface area contributed by atoms with E-state index in [1.807, 2.05) is 30.3 Å². The summed E-state index contributed by atoms with van der Waals surface area (Å²) in [4.78, 5) is 23.0. The standard InChI is InChI=1S/C13H14O4/c1-16-12(14)11-10(8-17-13(11)15)7-9-5-3-2-4-6-9/h2-6,10-11H,7-8H2,1H3. The largest absolute Gasteiger partial charge is 0.468 e. The first-order valence-electron chi connectivity index (χ1n) is 5.50. The van der Waals surface area contributed by atoms with E-state index >= 15 is 0 Å². The monoisotopic (exact) mass is 234 g/mol. The number of benzene rings is 1. The maximum atomic E-state index is 11.5. The summed E-state index contributed by atoms with van der Waals surface area (Å²) < 4.78 is 9.57. The Kier molecular flexibility index (Phi) is 3.42. The number of esters is 2. The highest BCUT2D eigenvalue weighted by Crippen LogP contribution is 2.26. The second-order valence-corrected chi connectivity index (χ2v) is 4.08. The van der Waals surface area contributed by atoms with Gasteiger partial charge in [0.25, 0.3) is 0 Å². The zero-order chi connectivity index (χ0) is 12.3. The van der Waals surface area contributed by atoms with Crippen molar-refractivity contribution in [2.75, 3.05) is 13.7 Å². The minimum Gasteiger partial charge on any atom is -0.468 e. The number of hydrogen-bond acceptors (Lipinski definition) is 4. The Hall–Kier alpha value is -1.84. The maximum Gasteiger partial charge on any atom is 0.320 e. The zero-order valence-electron chi connectivity index (χ0n) is 9.59. The van der Waals surface area contributed by atoms with E-state index in [9.17, 15) is 9.59 Å². The lowest BCUT2D eigenvalue weighted by Gasteiger charge is -2.12. The van der Waals surface area contributed by atoms with Crippen LogP contribution in [0.1, 0.15) is 5.56 Å². The molecule has 2 atom stereocenters. The molecule has 1 aliphatic heterocycles. The lowest BCUT2D eigenvalue weighted by molar-refractivity contribution is -0.154. The third-order valence-electron chi connectivity index (χ3n) is 2.96. The van der Waals surface area contributed by atoms with Crippen molar-refractivity contribution in [2.24, 2.45) is 11.8 Å². The molecule has 1 saturated heterocycles. The van der Waals surface area contributed by atoms with Gasteiger partial charge in [-0.3, -0.25) is 9.59 Å². The predicted octanol–water partition coefficient (Wildman–Crippen LogP) is 1.19. The van der Waals surface area contributed by atoms with Crippen LogP contribution in [0.5, 0.6) is 0 Å². The number of methoxy groups -OCH3 is 1. The first kappa shape index (κ1) is 11.6. The number of ether oxygens (including phenoxy) is 2. The van der Waals surface area contributed by atoms with Crippen molar-refractivity contribution in [3.8, 4) is 0 Å². The van der Waals surface area contributed by atoms with Crippen LogP contribution in [0.15, 0.2) is 30.3 Å². The summed E-state index contributed by atoms with van der Waals surface area (Å²) in [5.41, 5.74) is 1.09. The fourth-order valence-electron chi connectivity index (χ4n) is 2.08. The molecule has 4 heteroatoms. The van der Waals surface area contributed by atoms with Gasteiger partial charge in [-0.25, -0.2) is 0 Å². The minimum atomic E-state index is -0.778. The van der Waals surface area contributed by atoms with Gasteiger partial charge in [0.2, 0.25) is 0 Å². The van der Waals surface area contributed by atoms with Gasteiger partial charge >= 0.3 is 11.9 Å². The topological polar surface area (TPSA) is 52.6 Å². The van der Waals surface area contributed by atoms with Crippen LogP contribution >= 0.6 is 0 Å².